The van der Waals surface area contributed by atoms with Crippen LogP contribution >= 0.6 is 0 Å². The number of carbonyl (C=O) groups excluding carboxylic acids is 1. The molecule has 0 amide bonds. The first kappa shape index (κ1) is 10.5. The highest BCUT2D eigenvalue weighted by Crippen LogP contribution is 2.32. The molecule has 0 bridgehead atoms. The van der Waals surface area contributed by atoms with Crippen molar-refractivity contribution in [3.63, 3.8) is 0 Å². The lowest BCUT2D eigenvalue weighted by Crippen LogP contribution is -2.26. The van der Waals surface area contributed by atoms with E-state index in [-0.39, 0.29) is 5.41 Å². The summed E-state index contributed by atoms with van der Waals surface area (Å²) in [6, 6.07) is 0. The molecule has 0 atom stereocenters. The van der Waals surface area contributed by atoms with E-state index in [1.54, 1.807) is 0 Å². The Morgan fingerprint density at radius 3 is 2.69 bits per heavy atom. The molecule has 74 valence electrons. The number of hydrogen-bond donors (Lipinski definition) is 0. The van der Waals surface area contributed by atoms with Crippen LogP contribution in [0.5, 0.6) is 0 Å². The monoisotopic (exact) mass is 180 g/mol. The zero-order chi connectivity index (χ0) is 9.90. The smallest absolute Gasteiger partial charge is 0.161 e. The SMILES string of the molecule is CCCCC1=CC(=O)C(C)(C)CC1. The van der Waals surface area contributed by atoms with Gasteiger partial charge in [-0.25, -0.2) is 0 Å². The maximum atomic E-state index is 11.6. The Morgan fingerprint density at radius 1 is 1.46 bits per heavy atom. The highest BCUT2D eigenvalue weighted by molar-refractivity contribution is 5.95. The molecule has 0 heterocycles. The van der Waals surface area contributed by atoms with Gasteiger partial charge in [0.25, 0.3) is 0 Å². The van der Waals surface area contributed by atoms with Gasteiger partial charge in [0.05, 0.1) is 0 Å². The van der Waals surface area contributed by atoms with Gasteiger partial charge in [-0.2, -0.15) is 0 Å². The van der Waals surface area contributed by atoms with Crippen molar-refractivity contribution < 1.29 is 4.79 Å². The molecular formula is C12H20O. The molecule has 0 aromatic rings. The molecule has 0 saturated heterocycles. The van der Waals surface area contributed by atoms with Crippen LogP contribution in [0, 0.1) is 5.41 Å². The first-order valence-electron chi connectivity index (χ1n) is 5.30. The molecule has 0 N–H and O–H groups in total. The first-order valence-corrected chi connectivity index (χ1v) is 5.30. The second kappa shape index (κ2) is 4.08. The number of rotatable bonds is 3. The Morgan fingerprint density at radius 2 is 2.15 bits per heavy atom. The van der Waals surface area contributed by atoms with Crippen molar-refractivity contribution in [2.75, 3.05) is 0 Å². The number of hydrogen-bond acceptors (Lipinski definition) is 1. The summed E-state index contributed by atoms with van der Waals surface area (Å²) < 4.78 is 0. The van der Waals surface area contributed by atoms with Crippen molar-refractivity contribution in [3.8, 4) is 0 Å². The zero-order valence-corrected chi connectivity index (χ0v) is 9.02. The van der Waals surface area contributed by atoms with Gasteiger partial charge in [0.1, 0.15) is 0 Å². The van der Waals surface area contributed by atoms with Crippen molar-refractivity contribution >= 4 is 5.78 Å². The number of carbonyl (C=O) groups is 1. The van der Waals surface area contributed by atoms with Crippen LogP contribution in [0.2, 0.25) is 0 Å². The summed E-state index contributed by atoms with van der Waals surface area (Å²) in [5, 5.41) is 0. The minimum absolute atomic E-state index is 0.101. The highest BCUT2D eigenvalue weighted by atomic mass is 16.1. The largest absolute Gasteiger partial charge is 0.294 e. The fourth-order valence-corrected chi connectivity index (χ4v) is 1.65. The summed E-state index contributed by atoms with van der Waals surface area (Å²) in [7, 11) is 0. The molecule has 0 saturated carbocycles. The predicted octanol–water partition coefficient (Wildman–Crippen LogP) is 3.49. The van der Waals surface area contributed by atoms with Gasteiger partial charge in [-0.15, -0.1) is 0 Å². The summed E-state index contributed by atoms with van der Waals surface area (Å²) in [5.41, 5.74) is 1.27. The lowest BCUT2D eigenvalue weighted by atomic mass is 9.76. The molecule has 13 heavy (non-hydrogen) atoms. The van der Waals surface area contributed by atoms with E-state index in [2.05, 4.69) is 6.92 Å². The van der Waals surface area contributed by atoms with Crippen LogP contribution in [-0.2, 0) is 4.79 Å². The third-order valence-corrected chi connectivity index (χ3v) is 2.92. The van der Waals surface area contributed by atoms with Crippen molar-refractivity contribution in [2.45, 2.75) is 52.9 Å². The van der Waals surface area contributed by atoms with Gasteiger partial charge in [-0.05, 0) is 31.8 Å². The topological polar surface area (TPSA) is 17.1 Å². The molecule has 0 unspecified atom stereocenters. The van der Waals surface area contributed by atoms with Gasteiger partial charge in [0.15, 0.2) is 5.78 Å². The third kappa shape index (κ3) is 2.68. The van der Waals surface area contributed by atoms with Crippen molar-refractivity contribution in [2.24, 2.45) is 5.41 Å². The minimum atomic E-state index is -0.101. The number of ketones is 1. The number of unbranched alkanes of at least 4 members (excludes halogenated alkanes) is 1. The second-order valence-corrected chi connectivity index (χ2v) is 4.65. The highest BCUT2D eigenvalue weighted by Gasteiger charge is 2.29. The second-order valence-electron chi connectivity index (χ2n) is 4.65. The summed E-state index contributed by atoms with van der Waals surface area (Å²) in [6.07, 6.45) is 7.60. The summed E-state index contributed by atoms with van der Waals surface area (Å²) in [6.45, 7) is 6.28. The van der Waals surface area contributed by atoms with Crippen molar-refractivity contribution in [3.05, 3.63) is 11.6 Å². The van der Waals surface area contributed by atoms with Gasteiger partial charge in [-0.1, -0.05) is 32.8 Å². The Balaban J connectivity index is 2.57. The van der Waals surface area contributed by atoms with Gasteiger partial charge < -0.3 is 0 Å². The van der Waals surface area contributed by atoms with E-state index in [1.807, 2.05) is 19.9 Å². The molecular weight excluding hydrogens is 160 g/mol. The number of allylic oxidation sites excluding steroid dienone is 2. The van der Waals surface area contributed by atoms with Crippen LogP contribution in [0.1, 0.15) is 52.9 Å². The lowest BCUT2D eigenvalue weighted by molar-refractivity contribution is -0.123. The Kier molecular flexibility index (Phi) is 3.29. The molecule has 1 heteroatoms. The van der Waals surface area contributed by atoms with E-state index in [9.17, 15) is 4.79 Å². The normalized spacial score (nSPS) is 21.5. The van der Waals surface area contributed by atoms with Gasteiger partial charge in [-0.3, -0.25) is 4.79 Å². The molecule has 0 aromatic carbocycles. The summed E-state index contributed by atoms with van der Waals surface area (Å²) in [5.74, 6) is 0.324. The van der Waals surface area contributed by atoms with Crippen molar-refractivity contribution in [1.29, 1.82) is 0 Å². The zero-order valence-electron chi connectivity index (χ0n) is 9.02. The maximum Gasteiger partial charge on any atom is 0.161 e. The van der Waals surface area contributed by atoms with E-state index >= 15 is 0 Å². The average molecular weight is 180 g/mol. The molecule has 1 aliphatic carbocycles. The van der Waals surface area contributed by atoms with Gasteiger partial charge in [0.2, 0.25) is 0 Å². The first-order chi connectivity index (χ1) is 6.06. The van der Waals surface area contributed by atoms with Crippen molar-refractivity contribution in [1.82, 2.24) is 0 Å². The van der Waals surface area contributed by atoms with Crippen LogP contribution in [0.15, 0.2) is 11.6 Å². The Labute approximate surface area is 81.2 Å². The molecule has 1 aliphatic rings. The van der Waals surface area contributed by atoms with Gasteiger partial charge >= 0.3 is 0 Å². The third-order valence-electron chi connectivity index (χ3n) is 2.92. The van der Waals surface area contributed by atoms with Crippen LogP contribution in [0.4, 0.5) is 0 Å². The lowest BCUT2D eigenvalue weighted by Gasteiger charge is -2.27. The van der Waals surface area contributed by atoms with E-state index in [0.717, 1.165) is 19.3 Å². The molecule has 0 spiro atoms. The fourth-order valence-electron chi connectivity index (χ4n) is 1.65. The van der Waals surface area contributed by atoms with Crippen LogP contribution in [0.3, 0.4) is 0 Å². The molecule has 0 radical (unpaired) electrons. The molecule has 1 rings (SSSR count). The standard InChI is InChI=1S/C12H20O/c1-4-5-6-10-7-8-12(2,3)11(13)9-10/h9H,4-8H2,1-3H3. The van der Waals surface area contributed by atoms with Crippen LogP contribution < -0.4 is 0 Å². The summed E-state index contributed by atoms with van der Waals surface area (Å²) >= 11 is 0. The average Bonchev–Trinajstić information content (AvgIpc) is 2.07. The molecule has 1 nitrogen and oxygen atoms in total. The van der Waals surface area contributed by atoms with Crippen LogP contribution in [-0.4, -0.2) is 5.78 Å². The van der Waals surface area contributed by atoms with E-state index in [4.69, 9.17) is 0 Å². The molecule has 0 fully saturated rings. The fraction of sp³-hybridized carbons (Fsp3) is 0.750. The maximum absolute atomic E-state index is 11.6. The molecule has 0 aromatic heterocycles. The van der Waals surface area contributed by atoms with Gasteiger partial charge in [0, 0.05) is 5.41 Å². The van der Waals surface area contributed by atoms with E-state index in [1.165, 1.54) is 18.4 Å². The Hall–Kier alpha value is -0.590. The Bertz CT molecular complexity index is 223. The van der Waals surface area contributed by atoms with E-state index < -0.39 is 0 Å². The quantitative estimate of drug-likeness (QED) is 0.649. The minimum Gasteiger partial charge on any atom is -0.294 e. The summed E-state index contributed by atoms with van der Waals surface area (Å²) in [4.78, 5) is 11.6. The predicted molar refractivity (Wildman–Crippen MR) is 55.6 cm³/mol. The molecule has 0 aliphatic heterocycles. The van der Waals surface area contributed by atoms with Crippen LogP contribution in [0.25, 0.3) is 0 Å². The van der Waals surface area contributed by atoms with E-state index in [0.29, 0.717) is 5.78 Å².